The van der Waals surface area contributed by atoms with Crippen molar-refractivity contribution in [2.24, 2.45) is 0 Å². The number of pyridine rings is 1. The summed E-state index contributed by atoms with van der Waals surface area (Å²) in [6.45, 7) is 0.321. The number of hydrogen-bond acceptors (Lipinski definition) is 4. The van der Waals surface area contributed by atoms with Crippen molar-refractivity contribution in [3.8, 4) is 23.3 Å². The van der Waals surface area contributed by atoms with E-state index in [1.807, 2.05) is 30.3 Å². The minimum atomic E-state index is -0.190. The van der Waals surface area contributed by atoms with E-state index in [1.54, 1.807) is 19.4 Å². The Morgan fingerprint density at radius 2 is 2.14 bits per heavy atom. The smallest absolute Gasteiger partial charge is 0.135 e. The van der Waals surface area contributed by atoms with E-state index in [0.717, 1.165) is 12.1 Å². The van der Waals surface area contributed by atoms with Gasteiger partial charge in [0.1, 0.15) is 18.1 Å². The lowest BCUT2D eigenvalue weighted by Crippen LogP contribution is -2.04. The molecule has 2 rings (SSSR count). The molecule has 0 amide bonds. The quantitative estimate of drug-likeness (QED) is 0.853. The molecule has 0 spiro atoms. The third-order valence-electron chi connectivity index (χ3n) is 2.83. The van der Waals surface area contributed by atoms with Crippen LogP contribution in [0.15, 0.2) is 42.6 Å². The first-order valence-electron chi connectivity index (χ1n) is 6.64. The molecule has 0 aliphatic carbocycles. The molecule has 0 fully saturated rings. The van der Waals surface area contributed by atoms with Gasteiger partial charge in [-0.15, -0.1) is 0 Å². The van der Waals surface area contributed by atoms with Gasteiger partial charge in [-0.05, 0) is 30.3 Å². The molecule has 1 heterocycles. The topological polar surface area (TPSA) is 51.6 Å². The van der Waals surface area contributed by atoms with E-state index in [0.29, 0.717) is 23.7 Å². The summed E-state index contributed by atoms with van der Waals surface area (Å²) in [6.07, 6.45) is 2.49. The van der Waals surface area contributed by atoms with Crippen LogP contribution in [-0.4, -0.2) is 30.4 Å². The Morgan fingerprint density at radius 1 is 1.24 bits per heavy atom. The van der Waals surface area contributed by atoms with Gasteiger partial charge >= 0.3 is 0 Å². The first kappa shape index (κ1) is 14.9. The van der Waals surface area contributed by atoms with Gasteiger partial charge in [0.25, 0.3) is 0 Å². The summed E-state index contributed by atoms with van der Waals surface area (Å²) >= 11 is 0. The second-order valence-corrected chi connectivity index (χ2v) is 4.24. The molecule has 0 atom stereocenters. The summed E-state index contributed by atoms with van der Waals surface area (Å²) in [5.41, 5.74) is 1.68. The Balaban J connectivity index is 2.04. The number of aliphatic hydroxyl groups is 1. The van der Waals surface area contributed by atoms with Crippen LogP contribution in [0.4, 0.5) is 0 Å². The Bertz CT molecular complexity index is 629. The second-order valence-electron chi connectivity index (χ2n) is 4.24. The van der Waals surface area contributed by atoms with Gasteiger partial charge in [0, 0.05) is 18.3 Å². The summed E-state index contributed by atoms with van der Waals surface area (Å²) < 4.78 is 10.9. The number of aromatic nitrogens is 1. The molecule has 4 heteroatoms. The summed E-state index contributed by atoms with van der Waals surface area (Å²) in [4.78, 5) is 4.25. The number of benzene rings is 1. The lowest BCUT2D eigenvalue weighted by atomic mass is 10.2. The Kier molecular flexibility index (Phi) is 5.62. The zero-order valence-corrected chi connectivity index (χ0v) is 11.9. The van der Waals surface area contributed by atoms with Gasteiger partial charge in [0.05, 0.1) is 19.3 Å². The fourth-order valence-corrected chi connectivity index (χ4v) is 1.81. The summed E-state index contributed by atoms with van der Waals surface area (Å²) in [5, 5.41) is 8.82. The van der Waals surface area contributed by atoms with Crippen LogP contribution < -0.4 is 9.47 Å². The highest BCUT2D eigenvalue weighted by atomic mass is 16.5. The molecule has 0 radical (unpaired) electrons. The highest BCUT2D eigenvalue weighted by Crippen LogP contribution is 2.23. The number of aliphatic hydroxyl groups excluding tert-OH is 1. The maximum absolute atomic E-state index is 8.82. The van der Waals surface area contributed by atoms with Crippen molar-refractivity contribution in [3.05, 3.63) is 53.9 Å². The molecule has 0 unspecified atom stereocenters. The van der Waals surface area contributed by atoms with E-state index >= 15 is 0 Å². The van der Waals surface area contributed by atoms with Crippen molar-refractivity contribution >= 4 is 0 Å². The van der Waals surface area contributed by atoms with E-state index in [1.165, 1.54) is 0 Å². The zero-order valence-electron chi connectivity index (χ0n) is 11.9. The maximum atomic E-state index is 8.82. The van der Waals surface area contributed by atoms with Crippen molar-refractivity contribution in [3.63, 3.8) is 0 Å². The van der Waals surface area contributed by atoms with Crippen LogP contribution in [0.5, 0.6) is 11.5 Å². The monoisotopic (exact) mass is 283 g/mol. The molecule has 1 aromatic carbocycles. The second kappa shape index (κ2) is 7.93. The lowest BCUT2D eigenvalue weighted by Gasteiger charge is -2.09. The van der Waals surface area contributed by atoms with E-state index < -0.39 is 0 Å². The van der Waals surface area contributed by atoms with Crippen LogP contribution >= 0.6 is 0 Å². The van der Waals surface area contributed by atoms with Gasteiger partial charge in [-0.1, -0.05) is 17.9 Å². The highest BCUT2D eigenvalue weighted by Gasteiger charge is 2.04. The molecule has 2 aromatic rings. The standard InChI is InChI=1S/C17H17NO3/c1-20-16-7-8-17(14(13-16)5-4-11-19)21-12-9-15-6-2-3-10-18-15/h2-3,6-8,10,13,19H,9,11-12H2,1H3. The number of ether oxygens (including phenoxy) is 2. The van der Waals surface area contributed by atoms with Crippen LogP contribution in [0.1, 0.15) is 11.3 Å². The minimum absolute atomic E-state index is 0.190. The molecule has 108 valence electrons. The Morgan fingerprint density at radius 3 is 2.86 bits per heavy atom. The molecule has 0 saturated heterocycles. The first-order chi connectivity index (χ1) is 10.3. The SMILES string of the molecule is COc1ccc(OCCc2ccccn2)c(C#CCO)c1. The molecule has 21 heavy (non-hydrogen) atoms. The van der Waals surface area contributed by atoms with Gasteiger partial charge in [-0.25, -0.2) is 0 Å². The van der Waals surface area contributed by atoms with E-state index in [-0.39, 0.29) is 6.61 Å². The molecule has 1 aromatic heterocycles. The third kappa shape index (κ3) is 4.51. The summed E-state index contributed by atoms with van der Waals surface area (Å²) in [7, 11) is 1.60. The Labute approximate surface area is 124 Å². The van der Waals surface area contributed by atoms with E-state index in [4.69, 9.17) is 14.6 Å². The molecule has 0 saturated carbocycles. The molecule has 0 bridgehead atoms. The predicted octanol–water partition coefficient (Wildman–Crippen LogP) is 2.06. The molecular weight excluding hydrogens is 266 g/mol. The first-order valence-corrected chi connectivity index (χ1v) is 6.64. The van der Waals surface area contributed by atoms with Crippen molar-refractivity contribution in [1.82, 2.24) is 4.98 Å². The van der Waals surface area contributed by atoms with Crippen LogP contribution in [0, 0.1) is 11.8 Å². The molecular formula is C17H17NO3. The number of methoxy groups -OCH3 is 1. The number of hydrogen-bond donors (Lipinski definition) is 1. The van der Waals surface area contributed by atoms with Crippen molar-refractivity contribution in [2.45, 2.75) is 6.42 Å². The van der Waals surface area contributed by atoms with E-state index in [9.17, 15) is 0 Å². The van der Waals surface area contributed by atoms with Gasteiger partial charge in [-0.2, -0.15) is 0 Å². The summed E-state index contributed by atoms with van der Waals surface area (Å²) in [6, 6.07) is 11.2. The van der Waals surface area contributed by atoms with Crippen molar-refractivity contribution in [1.29, 1.82) is 0 Å². The highest BCUT2D eigenvalue weighted by molar-refractivity contribution is 5.50. The summed E-state index contributed by atoms with van der Waals surface area (Å²) in [5.74, 6) is 6.86. The van der Waals surface area contributed by atoms with Crippen molar-refractivity contribution < 1.29 is 14.6 Å². The van der Waals surface area contributed by atoms with E-state index in [2.05, 4.69) is 16.8 Å². The average molecular weight is 283 g/mol. The van der Waals surface area contributed by atoms with Crippen LogP contribution in [0.25, 0.3) is 0 Å². The number of rotatable bonds is 5. The maximum Gasteiger partial charge on any atom is 0.135 e. The zero-order chi connectivity index (χ0) is 14.9. The minimum Gasteiger partial charge on any atom is -0.497 e. The van der Waals surface area contributed by atoms with Crippen molar-refractivity contribution in [2.75, 3.05) is 20.3 Å². The fraction of sp³-hybridized carbons (Fsp3) is 0.235. The molecule has 0 aliphatic rings. The van der Waals surface area contributed by atoms with Crippen LogP contribution in [-0.2, 0) is 6.42 Å². The van der Waals surface area contributed by atoms with Gasteiger partial charge in [-0.3, -0.25) is 4.98 Å². The normalized spacial score (nSPS) is 9.62. The molecule has 1 N–H and O–H groups in total. The fourth-order valence-electron chi connectivity index (χ4n) is 1.81. The van der Waals surface area contributed by atoms with Gasteiger partial charge < -0.3 is 14.6 Å². The van der Waals surface area contributed by atoms with Gasteiger partial charge in [0.15, 0.2) is 0 Å². The predicted molar refractivity (Wildman–Crippen MR) is 80.4 cm³/mol. The molecule has 0 aliphatic heterocycles. The third-order valence-corrected chi connectivity index (χ3v) is 2.83. The Hall–Kier alpha value is -2.51. The van der Waals surface area contributed by atoms with Crippen LogP contribution in [0.3, 0.4) is 0 Å². The number of nitrogens with zero attached hydrogens (tertiary/aromatic N) is 1. The average Bonchev–Trinajstić information content (AvgIpc) is 2.54. The van der Waals surface area contributed by atoms with Gasteiger partial charge in [0.2, 0.25) is 0 Å². The lowest BCUT2D eigenvalue weighted by molar-refractivity contribution is 0.318. The largest absolute Gasteiger partial charge is 0.497 e. The van der Waals surface area contributed by atoms with Crippen LogP contribution in [0.2, 0.25) is 0 Å². The molecule has 4 nitrogen and oxygen atoms in total.